The number of hydrogen-bond acceptors (Lipinski definition) is 6. The Morgan fingerprint density at radius 1 is 1.06 bits per heavy atom. The highest BCUT2D eigenvalue weighted by atomic mass is 16.5. The van der Waals surface area contributed by atoms with E-state index in [2.05, 4.69) is 10.1 Å². The number of fused-ring (bicyclic) bond motifs is 1. The first kappa shape index (κ1) is 20.4. The van der Waals surface area contributed by atoms with Crippen LogP contribution >= 0.6 is 0 Å². The van der Waals surface area contributed by atoms with Gasteiger partial charge < -0.3 is 19.0 Å². The van der Waals surface area contributed by atoms with Crippen molar-refractivity contribution in [1.82, 2.24) is 10.1 Å². The summed E-state index contributed by atoms with van der Waals surface area (Å²) in [6.45, 7) is 5.40. The van der Waals surface area contributed by atoms with Crippen LogP contribution in [0.25, 0.3) is 10.9 Å². The lowest BCUT2D eigenvalue weighted by Gasteiger charge is -2.14. The van der Waals surface area contributed by atoms with E-state index >= 15 is 0 Å². The van der Waals surface area contributed by atoms with Gasteiger partial charge in [-0.3, -0.25) is 4.79 Å². The van der Waals surface area contributed by atoms with Crippen LogP contribution in [0.2, 0.25) is 0 Å². The molecule has 2 aromatic carbocycles. The smallest absolute Gasteiger partial charge is 0.342 e. The Labute approximate surface area is 179 Å². The zero-order valence-electron chi connectivity index (χ0n) is 17.5. The van der Waals surface area contributed by atoms with E-state index in [1.54, 1.807) is 44.3 Å². The number of nitrogens with one attached hydrogen (secondary N) is 1. The predicted octanol–water partition coefficient (Wildman–Crippen LogP) is 4.78. The number of carbonyl (C=O) groups is 2. The monoisotopic (exact) mass is 418 g/mol. The molecular formula is C24H22N2O5. The summed E-state index contributed by atoms with van der Waals surface area (Å²) in [6.07, 6.45) is 0.681. The molecule has 7 nitrogen and oxygen atoms in total. The van der Waals surface area contributed by atoms with E-state index in [9.17, 15) is 9.59 Å². The van der Waals surface area contributed by atoms with E-state index in [0.717, 1.165) is 22.2 Å². The molecule has 0 aliphatic heterocycles. The number of nitrogens with zero attached hydrogens (tertiary/aromatic N) is 1. The number of aromatic amines is 1. The standard InChI is InChI=1S/C24H22N2O5/c1-14-20(15(2)31-26-14)13-29-22-11-7-5-9-18(22)24(28)30-16(3)23(27)19-12-25-21-10-6-4-8-17(19)21/h4-12,16,25H,13H2,1-3H3/t16-/m0/s1. The molecule has 2 aromatic heterocycles. The SMILES string of the molecule is Cc1noc(C)c1COc1ccccc1C(=O)O[C@@H](C)C(=O)c1c[nH]c2ccccc12. The van der Waals surface area contributed by atoms with Crippen LogP contribution in [0.1, 0.15) is 44.7 Å². The molecule has 0 fully saturated rings. The molecule has 0 saturated heterocycles. The van der Waals surface area contributed by atoms with Crippen molar-refractivity contribution in [2.24, 2.45) is 0 Å². The molecule has 0 bridgehead atoms. The molecule has 4 aromatic rings. The fourth-order valence-corrected chi connectivity index (χ4v) is 3.39. The Morgan fingerprint density at radius 2 is 1.81 bits per heavy atom. The molecule has 0 aliphatic carbocycles. The quantitative estimate of drug-likeness (QED) is 0.343. The second kappa shape index (κ2) is 8.47. The first-order valence-corrected chi connectivity index (χ1v) is 9.90. The zero-order valence-corrected chi connectivity index (χ0v) is 17.5. The average Bonchev–Trinajstić information content (AvgIpc) is 3.35. The summed E-state index contributed by atoms with van der Waals surface area (Å²) in [5.74, 6) is 0.115. The number of aromatic nitrogens is 2. The number of ketones is 1. The van der Waals surface area contributed by atoms with Gasteiger partial charge in [-0.15, -0.1) is 0 Å². The van der Waals surface area contributed by atoms with Crippen molar-refractivity contribution in [3.05, 3.63) is 82.9 Å². The van der Waals surface area contributed by atoms with Gasteiger partial charge in [-0.2, -0.15) is 0 Å². The first-order valence-electron chi connectivity index (χ1n) is 9.90. The molecule has 0 radical (unpaired) electrons. The van der Waals surface area contributed by atoms with E-state index in [0.29, 0.717) is 17.1 Å². The topological polar surface area (TPSA) is 94.4 Å². The maximum absolute atomic E-state index is 12.9. The molecule has 0 aliphatic rings. The zero-order chi connectivity index (χ0) is 22.0. The van der Waals surface area contributed by atoms with Gasteiger partial charge in [0.25, 0.3) is 0 Å². The van der Waals surface area contributed by atoms with Gasteiger partial charge in [0, 0.05) is 22.7 Å². The van der Waals surface area contributed by atoms with Gasteiger partial charge in [-0.05, 0) is 39.0 Å². The van der Waals surface area contributed by atoms with Gasteiger partial charge in [-0.1, -0.05) is 35.5 Å². The lowest BCUT2D eigenvalue weighted by atomic mass is 10.1. The molecule has 0 spiro atoms. The van der Waals surface area contributed by atoms with E-state index in [4.69, 9.17) is 14.0 Å². The van der Waals surface area contributed by atoms with Gasteiger partial charge in [0.2, 0.25) is 5.78 Å². The van der Waals surface area contributed by atoms with E-state index < -0.39 is 12.1 Å². The van der Waals surface area contributed by atoms with Crippen molar-refractivity contribution in [2.45, 2.75) is 33.5 Å². The molecule has 1 N–H and O–H groups in total. The number of H-pyrrole nitrogens is 1. The minimum atomic E-state index is -0.956. The normalized spacial score (nSPS) is 12.0. The predicted molar refractivity (Wildman–Crippen MR) is 114 cm³/mol. The number of para-hydroxylation sites is 2. The third-order valence-electron chi connectivity index (χ3n) is 5.17. The highest BCUT2D eigenvalue weighted by Crippen LogP contribution is 2.24. The Balaban J connectivity index is 1.49. The number of esters is 1. The van der Waals surface area contributed by atoms with Crippen molar-refractivity contribution in [3.8, 4) is 5.75 Å². The van der Waals surface area contributed by atoms with Crippen molar-refractivity contribution in [3.63, 3.8) is 0 Å². The maximum atomic E-state index is 12.9. The third-order valence-corrected chi connectivity index (χ3v) is 5.17. The summed E-state index contributed by atoms with van der Waals surface area (Å²) in [7, 11) is 0. The van der Waals surface area contributed by atoms with Crippen LogP contribution in [0.4, 0.5) is 0 Å². The highest BCUT2D eigenvalue weighted by Gasteiger charge is 2.24. The molecule has 0 amide bonds. The van der Waals surface area contributed by atoms with Crippen LogP contribution in [0.15, 0.2) is 59.3 Å². The largest absolute Gasteiger partial charge is 0.488 e. The Morgan fingerprint density at radius 3 is 2.58 bits per heavy atom. The summed E-state index contributed by atoms with van der Waals surface area (Å²) in [4.78, 5) is 28.8. The maximum Gasteiger partial charge on any atom is 0.342 e. The van der Waals surface area contributed by atoms with Gasteiger partial charge >= 0.3 is 5.97 Å². The lowest BCUT2D eigenvalue weighted by Crippen LogP contribution is -2.24. The summed E-state index contributed by atoms with van der Waals surface area (Å²) < 4.78 is 16.5. The van der Waals surface area contributed by atoms with Crippen LogP contribution in [-0.2, 0) is 11.3 Å². The second-order valence-electron chi connectivity index (χ2n) is 7.25. The summed E-state index contributed by atoms with van der Waals surface area (Å²) in [5, 5.41) is 4.69. The van der Waals surface area contributed by atoms with Crippen LogP contribution in [0.3, 0.4) is 0 Å². The molecule has 31 heavy (non-hydrogen) atoms. The Hall–Kier alpha value is -3.87. The summed E-state index contributed by atoms with van der Waals surface area (Å²) >= 11 is 0. The van der Waals surface area contributed by atoms with Crippen molar-refractivity contribution < 1.29 is 23.6 Å². The number of rotatable bonds is 7. The van der Waals surface area contributed by atoms with Crippen molar-refractivity contribution in [2.75, 3.05) is 0 Å². The van der Waals surface area contributed by atoms with Crippen molar-refractivity contribution >= 4 is 22.7 Å². The number of ether oxygens (including phenoxy) is 2. The minimum Gasteiger partial charge on any atom is -0.488 e. The van der Waals surface area contributed by atoms with Gasteiger partial charge in [-0.25, -0.2) is 4.79 Å². The summed E-state index contributed by atoms with van der Waals surface area (Å²) in [5.41, 5.74) is 3.13. The van der Waals surface area contributed by atoms with Gasteiger partial charge in [0.05, 0.1) is 11.3 Å². The molecule has 1 atom stereocenters. The lowest BCUT2D eigenvalue weighted by molar-refractivity contribution is 0.0315. The fraction of sp³-hybridized carbons (Fsp3) is 0.208. The average molecular weight is 418 g/mol. The Bertz CT molecular complexity index is 1230. The molecular weight excluding hydrogens is 396 g/mol. The number of hydrogen-bond donors (Lipinski definition) is 1. The molecule has 4 rings (SSSR count). The molecule has 7 heteroatoms. The van der Waals surface area contributed by atoms with Gasteiger partial charge in [0.1, 0.15) is 23.7 Å². The number of carbonyl (C=O) groups excluding carboxylic acids is 2. The Kier molecular flexibility index (Phi) is 5.58. The second-order valence-corrected chi connectivity index (χ2v) is 7.25. The van der Waals surface area contributed by atoms with E-state index in [-0.39, 0.29) is 18.0 Å². The molecule has 0 saturated carbocycles. The molecule has 2 heterocycles. The number of aryl methyl sites for hydroxylation is 2. The van der Waals surface area contributed by atoms with Crippen LogP contribution in [0, 0.1) is 13.8 Å². The van der Waals surface area contributed by atoms with Crippen molar-refractivity contribution in [1.29, 1.82) is 0 Å². The van der Waals surface area contributed by atoms with Crippen LogP contribution in [-0.4, -0.2) is 28.0 Å². The third kappa shape index (κ3) is 4.07. The van der Waals surface area contributed by atoms with Crippen LogP contribution < -0.4 is 4.74 Å². The van der Waals surface area contributed by atoms with E-state index in [1.165, 1.54) is 0 Å². The van der Waals surface area contributed by atoms with Crippen LogP contribution in [0.5, 0.6) is 5.75 Å². The summed E-state index contributed by atoms with van der Waals surface area (Å²) in [6, 6.07) is 14.2. The van der Waals surface area contributed by atoms with Gasteiger partial charge in [0.15, 0.2) is 6.10 Å². The first-order chi connectivity index (χ1) is 15.0. The number of Topliss-reactive ketones (excluding diaryl/α,β-unsaturated/α-hetero) is 1. The fourth-order valence-electron chi connectivity index (χ4n) is 3.39. The van der Waals surface area contributed by atoms with E-state index in [1.807, 2.05) is 31.2 Å². The highest BCUT2D eigenvalue weighted by molar-refractivity contribution is 6.10. The molecule has 0 unspecified atom stereocenters. The minimum absolute atomic E-state index is 0.204. The molecule has 158 valence electrons. The number of benzene rings is 2.